The first-order valence-corrected chi connectivity index (χ1v) is 15.8. The molecule has 1 aliphatic heterocycles. The lowest BCUT2D eigenvalue weighted by Gasteiger charge is -2.37. The highest BCUT2D eigenvalue weighted by atomic mass is 32.2. The molecule has 0 aliphatic carbocycles. The molecule has 3 rings (SSSR count). The summed E-state index contributed by atoms with van der Waals surface area (Å²) in [7, 11) is -4.41. The van der Waals surface area contributed by atoms with Crippen LogP contribution in [0, 0.1) is 5.82 Å². The van der Waals surface area contributed by atoms with Crippen LogP contribution in [0.2, 0.25) is 0 Å². The molecule has 1 aliphatic rings. The molecule has 0 saturated carbocycles. The van der Waals surface area contributed by atoms with Gasteiger partial charge in [-0.05, 0) is 56.4 Å². The molecule has 5 N–H and O–H groups in total. The number of hydrogen-bond donors (Lipinski definition) is 4. The lowest BCUT2D eigenvalue weighted by Crippen LogP contribution is -2.48. The van der Waals surface area contributed by atoms with Crippen molar-refractivity contribution in [2.24, 2.45) is 5.14 Å². The fourth-order valence-corrected chi connectivity index (χ4v) is 6.15. The number of carboxylic acid groups (broad SMARTS) is 1. The molecular weight excluding hydrogens is 622 g/mol. The molecule has 2 aromatic carbocycles. The Bertz CT molecular complexity index is 1430. The quantitative estimate of drug-likeness (QED) is 0.252. The van der Waals surface area contributed by atoms with Crippen LogP contribution in [0.1, 0.15) is 5.56 Å². The van der Waals surface area contributed by atoms with Gasteiger partial charge in [0, 0.05) is 45.3 Å². The van der Waals surface area contributed by atoms with Crippen molar-refractivity contribution < 1.29 is 49.4 Å². The minimum Gasteiger partial charge on any atom is -0.475 e. The first-order valence-electron chi connectivity index (χ1n) is 12.8. The number of hydrogen-bond acceptors (Lipinski definition) is 9. The van der Waals surface area contributed by atoms with E-state index < -0.39 is 50.7 Å². The predicted molar refractivity (Wildman–Crippen MR) is 150 cm³/mol. The summed E-state index contributed by atoms with van der Waals surface area (Å²) in [6, 6.07) is 8.44. The van der Waals surface area contributed by atoms with Gasteiger partial charge in [0.25, 0.3) is 0 Å². The number of alkyl halides is 3. The van der Waals surface area contributed by atoms with Gasteiger partial charge in [-0.15, -0.1) is 0 Å². The van der Waals surface area contributed by atoms with Gasteiger partial charge in [-0.1, -0.05) is 12.1 Å². The van der Waals surface area contributed by atoms with Gasteiger partial charge in [0.2, 0.25) is 20.0 Å². The highest BCUT2D eigenvalue weighted by Gasteiger charge is 2.38. The van der Waals surface area contributed by atoms with Crippen molar-refractivity contribution in [2.75, 3.05) is 64.9 Å². The first kappa shape index (κ1) is 36.3. The van der Waals surface area contributed by atoms with Gasteiger partial charge in [-0.25, -0.2) is 35.9 Å². The molecule has 1 atom stereocenters. The van der Waals surface area contributed by atoms with Gasteiger partial charge in [0.05, 0.1) is 17.2 Å². The van der Waals surface area contributed by atoms with Gasteiger partial charge >= 0.3 is 12.1 Å². The molecule has 12 nitrogen and oxygen atoms in total. The largest absolute Gasteiger partial charge is 0.490 e. The van der Waals surface area contributed by atoms with E-state index in [0.29, 0.717) is 24.3 Å². The van der Waals surface area contributed by atoms with E-state index in [-0.39, 0.29) is 16.2 Å². The Labute approximate surface area is 247 Å². The highest BCUT2D eigenvalue weighted by Crippen LogP contribution is 2.28. The molecule has 0 amide bonds. The number of primary sulfonamides is 1. The normalized spacial score (nSPS) is 15.6. The van der Waals surface area contributed by atoms with E-state index in [0.717, 1.165) is 32.2 Å². The van der Waals surface area contributed by atoms with Crippen LogP contribution >= 0.6 is 0 Å². The van der Waals surface area contributed by atoms with Crippen molar-refractivity contribution in [2.45, 2.75) is 28.4 Å². The number of piperazine rings is 1. The number of aliphatic hydroxyl groups is 1. The van der Waals surface area contributed by atoms with Gasteiger partial charge < -0.3 is 20.0 Å². The summed E-state index contributed by atoms with van der Waals surface area (Å²) >= 11 is 0. The van der Waals surface area contributed by atoms with Crippen LogP contribution in [0.4, 0.5) is 23.2 Å². The van der Waals surface area contributed by atoms with Crippen molar-refractivity contribution in [1.82, 2.24) is 14.5 Å². The molecule has 0 radical (unpaired) electrons. The number of aliphatic hydroxyl groups excluding tert-OH is 1. The van der Waals surface area contributed by atoms with E-state index in [4.69, 9.17) is 15.0 Å². The van der Waals surface area contributed by atoms with Gasteiger partial charge in [-0.3, -0.25) is 4.90 Å². The zero-order valence-corrected chi connectivity index (χ0v) is 25.1. The number of carboxylic acids is 1. The second kappa shape index (κ2) is 15.2. The summed E-state index contributed by atoms with van der Waals surface area (Å²) in [6.45, 7) is 3.93. The lowest BCUT2D eigenvalue weighted by atomic mass is 10.1. The SMILES string of the molecule is CN(C)CCN1CCN(c2ccc(S(=O)(=O)NC(CO)Cc3ccc(F)cc3)cc2S(N)(=O)=O)CC1.O=C(O)C(F)(F)F. The lowest BCUT2D eigenvalue weighted by molar-refractivity contribution is -0.192. The van der Waals surface area contributed by atoms with E-state index in [1.807, 2.05) is 19.0 Å². The molecule has 0 bridgehead atoms. The number of halogens is 4. The maximum atomic E-state index is 13.2. The third kappa shape index (κ3) is 11.6. The molecule has 18 heteroatoms. The Morgan fingerprint density at radius 3 is 2.07 bits per heavy atom. The van der Waals surface area contributed by atoms with Crippen LogP contribution in [0.5, 0.6) is 0 Å². The zero-order valence-electron chi connectivity index (χ0n) is 23.5. The summed E-state index contributed by atoms with van der Waals surface area (Å²) in [6.07, 6.45) is -4.96. The van der Waals surface area contributed by atoms with Crippen LogP contribution in [0.25, 0.3) is 0 Å². The average molecular weight is 658 g/mol. The van der Waals surface area contributed by atoms with E-state index in [1.165, 1.54) is 36.4 Å². The van der Waals surface area contributed by atoms with Crippen molar-refractivity contribution in [1.29, 1.82) is 0 Å². The minimum atomic E-state index is -5.08. The predicted octanol–water partition coefficient (Wildman–Crippen LogP) is 0.672. The summed E-state index contributed by atoms with van der Waals surface area (Å²) in [4.78, 5) is 14.6. The molecule has 242 valence electrons. The molecule has 43 heavy (non-hydrogen) atoms. The van der Waals surface area contributed by atoms with E-state index >= 15 is 0 Å². The second-order valence-corrected chi connectivity index (χ2v) is 13.2. The van der Waals surface area contributed by atoms with Crippen LogP contribution in [-0.2, 0) is 31.3 Å². The van der Waals surface area contributed by atoms with Crippen molar-refractivity contribution >= 4 is 31.7 Å². The molecular formula is C25H35F4N5O7S2. The number of carbonyl (C=O) groups is 1. The number of likely N-dealkylation sites (N-methyl/N-ethyl adjacent to an activating group) is 1. The monoisotopic (exact) mass is 657 g/mol. The highest BCUT2D eigenvalue weighted by molar-refractivity contribution is 7.90. The summed E-state index contributed by atoms with van der Waals surface area (Å²) < 4.78 is 98.2. The van der Waals surface area contributed by atoms with Gasteiger partial charge in [0.15, 0.2) is 0 Å². The van der Waals surface area contributed by atoms with Crippen molar-refractivity contribution in [3.05, 3.63) is 53.8 Å². The second-order valence-electron chi connectivity index (χ2n) is 9.94. The Morgan fingerprint density at radius 2 is 1.60 bits per heavy atom. The first-order chi connectivity index (χ1) is 19.8. The van der Waals surface area contributed by atoms with Crippen LogP contribution in [-0.4, -0.2) is 115 Å². The summed E-state index contributed by atoms with van der Waals surface area (Å²) in [5, 5.41) is 22.3. The smallest absolute Gasteiger partial charge is 0.475 e. The number of sulfonamides is 2. The number of anilines is 1. The van der Waals surface area contributed by atoms with Crippen molar-refractivity contribution in [3.63, 3.8) is 0 Å². The Balaban J connectivity index is 0.000000821. The molecule has 1 unspecified atom stereocenters. The van der Waals surface area contributed by atoms with E-state index in [2.05, 4.69) is 14.5 Å². The number of nitrogens with one attached hydrogen (secondary N) is 1. The average Bonchev–Trinajstić information content (AvgIpc) is 2.92. The molecule has 1 saturated heterocycles. The fourth-order valence-electron chi connectivity index (χ4n) is 4.04. The topological polar surface area (TPSA) is 174 Å². The molecule has 1 heterocycles. The Kier molecular flexibility index (Phi) is 12.9. The maximum absolute atomic E-state index is 13.2. The molecule has 2 aromatic rings. The Morgan fingerprint density at radius 1 is 1.05 bits per heavy atom. The Hall–Kier alpha value is -2.87. The summed E-state index contributed by atoms with van der Waals surface area (Å²) in [5.74, 6) is -3.18. The number of aliphatic carboxylic acids is 1. The third-order valence-corrected chi connectivity index (χ3v) is 8.76. The maximum Gasteiger partial charge on any atom is 0.490 e. The van der Waals surface area contributed by atoms with Crippen LogP contribution in [0.3, 0.4) is 0 Å². The van der Waals surface area contributed by atoms with Crippen molar-refractivity contribution in [3.8, 4) is 0 Å². The molecule has 1 fully saturated rings. The number of rotatable bonds is 11. The summed E-state index contributed by atoms with van der Waals surface area (Å²) in [5.41, 5.74) is 0.983. The van der Waals surface area contributed by atoms with E-state index in [9.17, 15) is 39.5 Å². The molecule has 0 spiro atoms. The zero-order chi connectivity index (χ0) is 32.6. The third-order valence-electron chi connectivity index (χ3n) is 6.30. The van der Waals surface area contributed by atoms with Crippen LogP contribution < -0.4 is 14.8 Å². The number of benzene rings is 2. The van der Waals surface area contributed by atoms with Crippen LogP contribution in [0.15, 0.2) is 52.3 Å². The van der Waals surface area contributed by atoms with E-state index in [1.54, 1.807) is 0 Å². The standard InChI is InChI=1S/C23H34FN5O5S2.C2HF3O2/c1-27(2)9-10-28-11-13-29(14-12-28)22-8-7-21(16-23(22)35(25,31)32)36(33,34)26-20(17-30)15-18-3-5-19(24)6-4-18;3-2(4,5)1(6)7/h3-8,16,20,26,30H,9-15,17H2,1-2H3,(H2,25,31,32);(H,6,7). The number of nitrogens with zero attached hydrogens (tertiary/aromatic N) is 3. The fraction of sp³-hybridized carbons (Fsp3) is 0.480. The van der Waals surface area contributed by atoms with Gasteiger partial charge in [-0.2, -0.15) is 13.2 Å². The molecule has 0 aromatic heterocycles. The van der Waals surface area contributed by atoms with Gasteiger partial charge in [0.1, 0.15) is 10.7 Å². The minimum absolute atomic E-state index is 0.119. The number of nitrogens with two attached hydrogens (primary N) is 1.